The van der Waals surface area contributed by atoms with Crippen molar-refractivity contribution < 1.29 is 27.6 Å². The molecule has 1 aliphatic rings. The first-order valence-electron chi connectivity index (χ1n) is 12.7. The van der Waals surface area contributed by atoms with Gasteiger partial charge in [0.25, 0.3) is 21.6 Å². The van der Waals surface area contributed by atoms with Gasteiger partial charge in [-0.1, -0.05) is 12.1 Å². The number of nitrogens with zero attached hydrogens (tertiary/aromatic N) is 4. The number of hydrogen-bond donors (Lipinski definition) is 3. The van der Waals surface area contributed by atoms with Crippen LogP contribution in [0.3, 0.4) is 0 Å². The lowest BCUT2D eigenvalue weighted by atomic mass is 10.2. The minimum Gasteiger partial charge on any atom is -0.455 e. The maximum Gasteiger partial charge on any atom is 0.293 e. The Morgan fingerprint density at radius 1 is 1.26 bits per heavy atom. The molecule has 5 rings (SSSR count). The zero-order valence-corrected chi connectivity index (χ0v) is 22.8. The fraction of sp³-hybridized carbons (Fsp3) is 0.222. The number of nitro groups is 1. The van der Waals surface area contributed by atoms with E-state index in [9.17, 15) is 23.3 Å². The summed E-state index contributed by atoms with van der Waals surface area (Å²) in [6.45, 7) is 1.94. The number of fused-ring (bicyclic) bond motifs is 1. The van der Waals surface area contributed by atoms with Crippen LogP contribution in [-0.2, 0) is 14.8 Å². The van der Waals surface area contributed by atoms with E-state index in [1.807, 2.05) is 9.62 Å². The highest BCUT2D eigenvalue weighted by atomic mass is 32.2. The fourth-order valence-corrected chi connectivity index (χ4v) is 5.42. The van der Waals surface area contributed by atoms with Crippen molar-refractivity contribution in [3.63, 3.8) is 0 Å². The molecule has 3 heterocycles. The summed E-state index contributed by atoms with van der Waals surface area (Å²) in [5, 5.41) is 24.4. The number of anilines is 1. The minimum absolute atomic E-state index is 0.0686. The molecule has 0 spiro atoms. The first kappa shape index (κ1) is 28.5. The number of nitriles is 1. The van der Waals surface area contributed by atoms with Crippen LogP contribution >= 0.6 is 0 Å². The Labute approximate surface area is 240 Å². The van der Waals surface area contributed by atoms with E-state index < -0.39 is 31.4 Å². The van der Waals surface area contributed by atoms with E-state index in [0.29, 0.717) is 31.1 Å². The first-order chi connectivity index (χ1) is 20.2. The normalized spacial score (nSPS) is 15.5. The number of para-hydroxylation sites is 1. The van der Waals surface area contributed by atoms with Gasteiger partial charge in [0.15, 0.2) is 0 Å². The highest BCUT2D eigenvalue weighted by Gasteiger charge is 2.26. The number of carbonyl (C=O) groups is 1. The number of ether oxygens (including phenoxy) is 2. The topological polar surface area (TPSA) is 193 Å². The summed E-state index contributed by atoms with van der Waals surface area (Å²) in [6.07, 6.45) is 2.86. The van der Waals surface area contributed by atoms with E-state index >= 15 is 0 Å². The number of H-pyrrole nitrogens is 1. The van der Waals surface area contributed by atoms with Crippen molar-refractivity contribution in [2.75, 3.05) is 38.1 Å². The second-order valence-corrected chi connectivity index (χ2v) is 11.0. The van der Waals surface area contributed by atoms with Crippen LogP contribution in [0.4, 0.5) is 11.4 Å². The molecule has 216 valence electrons. The van der Waals surface area contributed by atoms with Gasteiger partial charge < -0.3 is 19.8 Å². The Bertz CT molecular complexity index is 1780. The zero-order valence-electron chi connectivity index (χ0n) is 22.0. The van der Waals surface area contributed by atoms with E-state index in [2.05, 4.69) is 21.4 Å². The van der Waals surface area contributed by atoms with Crippen molar-refractivity contribution in [3.05, 3.63) is 82.7 Å². The smallest absolute Gasteiger partial charge is 0.293 e. The zero-order chi connectivity index (χ0) is 29.7. The van der Waals surface area contributed by atoms with Gasteiger partial charge in [-0.3, -0.25) is 19.8 Å². The number of nitrogens with one attached hydrogen (secondary N) is 3. The van der Waals surface area contributed by atoms with Crippen LogP contribution < -0.4 is 14.8 Å². The highest BCUT2D eigenvalue weighted by molar-refractivity contribution is 7.90. The molecular weight excluding hydrogens is 566 g/mol. The number of hydrogen-bond acceptors (Lipinski definition) is 11. The standard InChI is InChI=1S/C27H25N7O7S/c28-8-10-33-11-12-40-20(17-33)16-30-23-6-5-21(14-24(23)34(36)37)42(38,39)32-27(35)22-3-1-2-4-25(22)41-19-13-18-7-9-29-26(18)31-15-19/h1-7,9,13-15,20,30H,10-12,16-17H2,(H,29,31)(H,32,35). The minimum atomic E-state index is -4.51. The third-order valence-electron chi connectivity index (χ3n) is 6.48. The second kappa shape index (κ2) is 12.2. The Morgan fingerprint density at radius 3 is 2.90 bits per heavy atom. The average Bonchev–Trinajstić information content (AvgIpc) is 3.44. The van der Waals surface area contributed by atoms with E-state index in [1.54, 1.807) is 30.5 Å². The van der Waals surface area contributed by atoms with Crippen molar-refractivity contribution in [2.24, 2.45) is 0 Å². The van der Waals surface area contributed by atoms with Crippen LogP contribution in [0.1, 0.15) is 10.4 Å². The second-order valence-electron chi connectivity index (χ2n) is 9.32. The number of benzene rings is 2. The Morgan fingerprint density at radius 2 is 2.10 bits per heavy atom. The van der Waals surface area contributed by atoms with Gasteiger partial charge in [0.05, 0.1) is 46.9 Å². The van der Waals surface area contributed by atoms with Crippen molar-refractivity contribution in [3.8, 4) is 17.6 Å². The van der Waals surface area contributed by atoms with Gasteiger partial charge in [-0.15, -0.1) is 0 Å². The van der Waals surface area contributed by atoms with E-state index in [4.69, 9.17) is 14.7 Å². The molecule has 2 aromatic carbocycles. The first-order valence-corrected chi connectivity index (χ1v) is 14.2. The molecule has 0 aliphatic carbocycles. The lowest BCUT2D eigenvalue weighted by Gasteiger charge is -2.31. The molecule has 1 unspecified atom stereocenters. The van der Waals surface area contributed by atoms with Crippen LogP contribution in [0.25, 0.3) is 11.0 Å². The van der Waals surface area contributed by atoms with Crippen molar-refractivity contribution >= 4 is 38.3 Å². The van der Waals surface area contributed by atoms with Crippen molar-refractivity contribution in [2.45, 2.75) is 11.0 Å². The predicted octanol–water partition coefficient (Wildman–Crippen LogP) is 3.02. The molecule has 0 saturated carbocycles. The number of morpholine rings is 1. The lowest BCUT2D eigenvalue weighted by molar-refractivity contribution is -0.384. The average molecular weight is 592 g/mol. The predicted molar refractivity (Wildman–Crippen MR) is 151 cm³/mol. The van der Waals surface area contributed by atoms with Crippen molar-refractivity contribution in [1.82, 2.24) is 19.6 Å². The molecule has 4 aromatic rings. The van der Waals surface area contributed by atoms with Gasteiger partial charge in [0.2, 0.25) is 0 Å². The van der Waals surface area contributed by atoms with Crippen LogP contribution in [0.15, 0.2) is 71.9 Å². The van der Waals surface area contributed by atoms with E-state index in [0.717, 1.165) is 17.5 Å². The van der Waals surface area contributed by atoms with Crippen molar-refractivity contribution in [1.29, 1.82) is 5.26 Å². The molecule has 1 saturated heterocycles. The van der Waals surface area contributed by atoms with Crippen LogP contribution in [0.2, 0.25) is 0 Å². The summed E-state index contributed by atoms with van der Waals surface area (Å²) in [5.41, 5.74) is 0.171. The number of rotatable bonds is 10. The summed E-state index contributed by atoms with van der Waals surface area (Å²) in [5.74, 6) is -0.562. The lowest BCUT2D eigenvalue weighted by Crippen LogP contribution is -2.45. The molecule has 0 radical (unpaired) electrons. The maximum atomic E-state index is 13.1. The summed E-state index contributed by atoms with van der Waals surface area (Å²) in [6, 6.07) is 15.0. The third kappa shape index (κ3) is 6.47. The van der Waals surface area contributed by atoms with E-state index in [-0.39, 0.29) is 36.2 Å². The molecule has 1 fully saturated rings. The van der Waals surface area contributed by atoms with Crippen LogP contribution in [0.5, 0.6) is 11.5 Å². The number of carbonyl (C=O) groups excluding carboxylic acids is 1. The van der Waals surface area contributed by atoms with Gasteiger partial charge in [0.1, 0.15) is 22.8 Å². The number of sulfonamides is 1. The summed E-state index contributed by atoms with van der Waals surface area (Å²) in [4.78, 5) is 32.8. The number of nitro benzene ring substituents is 1. The molecule has 42 heavy (non-hydrogen) atoms. The Kier molecular flexibility index (Phi) is 8.29. The third-order valence-corrected chi connectivity index (χ3v) is 7.80. The SMILES string of the molecule is N#CCN1CCOC(CNc2ccc(S(=O)(=O)NC(=O)c3ccccc3Oc3cnc4[nH]ccc4c3)cc2[N+](=O)[O-])C1. The highest BCUT2D eigenvalue weighted by Crippen LogP contribution is 2.29. The molecule has 2 aromatic heterocycles. The number of aromatic amines is 1. The summed E-state index contributed by atoms with van der Waals surface area (Å²) >= 11 is 0. The number of aromatic nitrogens is 2. The number of amides is 1. The molecular formula is C27H25N7O7S. The van der Waals surface area contributed by atoms with Gasteiger partial charge in [-0.2, -0.15) is 5.26 Å². The molecule has 14 nitrogen and oxygen atoms in total. The van der Waals surface area contributed by atoms with Gasteiger partial charge in [0, 0.05) is 37.3 Å². The largest absolute Gasteiger partial charge is 0.455 e. The Balaban J connectivity index is 1.30. The Hall–Kier alpha value is -5.04. The molecule has 1 atom stereocenters. The molecule has 1 aliphatic heterocycles. The fourth-order valence-electron chi connectivity index (χ4n) is 4.43. The monoisotopic (exact) mass is 591 g/mol. The molecule has 3 N–H and O–H groups in total. The van der Waals surface area contributed by atoms with Crippen LogP contribution in [0, 0.1) is 21.4 Å². The summed E-state index contributed by atoms with van der Waals surface area (Å²) in [7, 11) is -4.51. The van der Waals surface area contributed by atoms with E-state index in [1.165, 1.54) is 24.4 Å². The number of pyridine rings is 1. The van der Waals surface area contributed by atoms with Gasteiger partial charge in [-0.05, 0) is 36.4 Å². The quantitative estimate of drug-likeness (QED) is 0.139. The van der Waals surface area contributed by atoms with Gasteiger partial charge in [-0.25, -0.2) is 18.1 Å². The summed E-state index contributed by atoms with van der Waals surface area (Å²) < 4.78 is 39.7. The molecule has 0 bridgehead atoms. The molecule has 1 amide bonds. The van der Waals surface area contributed by atoms with Gasteiger partial charge >= 0.3 is 0 Å². The maximum absolute atomic E-state index is 13.1. The molecule has 15 heteroatoms. The van der Waals surface area contributed by atoms with Crippen LogP contribution in [-0.4, -0.2) is 73.0 Å².